The summed E-state index contributed by atoms with van der Waals surface area (Å²) in [6.45, 7) is 1.83. The van der Waals surface area contributed by atoms with Gasteiger partial charge in [0.15, 0.2) is 0 Å². The van der Waals surface area contributed by atoms with Crippen LogP contribution in [0.5, 0.6) is 0 Å². The first kappa shape index (κ1) is 16.9. The van der Waals surface area contributed by atoms with Gasteiger partial charge in [-0.3, -0.25) is 9.79 Å². The van der Waals surface area contributed by atoms with Gasteiger partial charge in [0.2, 0.25) is 5.91 Å². The van der Waals surface area contributed by atoms with Gasteiger partial charge in [0.25, 0.3) is 0 Å². The number of hydrogen-bond acceptors (Lipinski definition) is 4. The van der Waals surface area contributed by atoms with E-state index in [1.54, 1.807) is 30.1 Å². The first-order chi connectivity index (χ1) is 12.1. The number of nitrogens with zero attached hydrogens (tertiary/aromatic N) is 3. The van der Waals surface area contributed by atoms with Gasteiger partial charge < -0.3 is 14.7 Å². The molecule has 1 aromatic carbocycles. The van der Waals surface area contributed by atoms with Crippen LogP contribution in [0.1, 0.15) is 24.5 Å². The van der Waals surface area contributed by atoms with Crippen LogP contribution in [0.15, 0.2) is 46.8 Å². The lowest BCUT2D eigenvalue weighted by Gasteiger charge is -2.08. The van der Waals surface area contributed by atoms with Crippen molar-refractivity contribution in [3.05, 3.63) is 53.6 Å². The van der Waals surface area contributed by atoms with Gasteiger partial charge in [0.05, 0.1) is 17.9 Å². The van der Waals surface area contributed by atoms with Gasteiger partial charge in [-0.2, -0.15) is 0 Å². The van der Waals surface area contributed by atoms with Crippen molar-refractivity contribution >= 4 is 17.8 Å². The molecule has 2 aromatic rings. The maximum atomic E-state index is 14.5. The maximum Gasteiger partial charge on any atom is 0.217 e. The molecule has 1 aliphatic rings. The van der Waals surface area contributed by atoms with Crippen molar-refractivity contribution in [2.75, 3.05) is 13.6 Å². The molecule has 7 heteroatoms. The van der Waals surface area contributed by atoms with E-state index in [2.05, 4.69) is 15.5 Å². The predicted octanol–water partition coefficient (Wildman–Crippen LogP) is 2.29. The van der Waals surface area contributed by atoms with Crippen LogP contribution >= 0.6 is 0 Å². The third-order valence-corrected chi connectivity index (χ3v) is 3.86. The zero-order valence-corrected chi connectivity index (χ0v) is 14.1. The van der Waals surface area contributed by atoms with Crippen molar-refractivity contribution in [2.45, 2.75) is 19.4 Å². The molecule has 1 aromatic heterocycles. The first-order valence-electron chi connectivity index (χ1n) is 7.94. The fraction of sp³-hybridized carbons (Fsp3) is 0.278. The average molecular weight is 342 g/mol. The van der Waals surface area contributed by atoms with Crippen LogP contribution in [0, 0.1) is 5.82 Å². The maximum absolute atomic E-state index is 14.5. The van der Waals surface area contributed by atoms with Crippen LogP contribution in [-0.4, -0.2) is 42.1 Å². The van der Waals surface area contributed by atoms with Gasteiger partial charge in [0.1, 0.15) is 11.9 Å². The fourth-order valence-electron chi connectivity index (χ4n) is 2.65. The Labute approximate surface area is 145 Å². The number of carbonyl (C=O) groups excluding carboxylic acids is 1. The molecule has 130 valence electrons. The van der Waals surface area contributed by atoms with Crippen molar-refractivity contribution in [3.8, 4) is 5.69 Å². The molecule has 3 rings (SSSR count). The van der Waals surface area contributed by atoms with E-state index in [1.165, 1.54) is 13.0 Å². The van der Waals surface area contributed by atoms with Crippen LogP contribution in [0.3, 0.4) is 0 Å². The van der Waals surface area contributed by atoms with E-state index < -0.39 is 0 Å². The molecule has 0 radical (unpaired) electrons. The standard InChI is InChI=1S/C18H19FN4O2/c1-12(24)21-10-15-8-17(22-25-15)14-3-4-18(16(19)7-14)23-6-5-13(11-23)9-20-2/h3-7,9,11,15H,8,10H2,1-2H3,(H,21,24). The molecule has 0 fully saturated rings. The van der Waals surface area contributed by atoms with E-state index in [1.807, 2.05) is 18.3 Å². The molecule has 0 aliphatic carbocycles. The van der Waals surface area contributed by atoms with Crippen molar-refractivity contribution in [1.82, 2.24) is 9.88 Å². The zero-order chi connectivity index (χ0) is 17.8. The summed E-state index contributed by atoms with van der Waals surface area (Å²) in [4.78, 5) is 20.2. The number of oxime groups is 1. The summed E-state index contributed by atoms with van der Waals surface area (Å²) in [6.07, 6.45) is 5.61. The normalized spacial score (nSPS) is 16.8. The number of aromatic nitrogens is 1. The molecule has 6 nitrogen and oxygen atoms in total. The Morgan fingerprint density at radius 2 is 2.36 bits per heavy atom. The highest BCUT2D eigenvalue weighted by atomic mass is 19.1. The average Bonchev–Trinajstić information content (AvgIpc) is 3.22. The molecule has 2 heterocycles. The Balaban J connectivity index is 1.73. The van der Waals surface area contributed by atoms with E-state index in [0.717, 1.165) is 5.56 Å². The molecule has 0 saturated carbocycles. The Kier molecular flexibility index (Phi) is 4.92. The molecule has 0 saturated heterocycles. The highest BCUT2D eigenvalue weighted by Gasteiger charge is 2.23. The minimum Gasteiger partial charge on any atom is -0.390 e. The molecular weight excluding hydrogens is 323 g/mol. The van der Waals surface area contributed by atoms with Crippen LogP contribution in [0.2, 0.25) is 0 Å². The van der Waals surface area contributed by atoms with E-state index >= 15 is 0 Å². The van der Waals surface area contributed by atoms with Crippen LogP contribution in [0.4, 0.5) is 4.39 Å². The summed E-state index contributed by atoms with van der Waals surface area (Å²) >= 11 is 0. The second kappa shape index (κ2) is 7.29. The lowest BCUT2D eigenvalue weighted by Crippen LogP contribution is -2.30. The highest BCUT2D eigenvalue weighted by molar-refractivity contribution is 6.01. The number of amides is 1. The van der Waals surface area contributed by atoms with Gasteiger partial charge in [-0.15, -0.1) is 0 Å². The van der Waals surface area contributed by atoms with E-state index in [0.29, 0.717) is 29.9 Å². The van der Waals surface area contributed by atoms with Crippen molar-refractivity contribution in [3.63, 3.8) is 0 Å². The van der Waals surface area contributed by atoms with Crippen molar-refractivity contribution in [1.29, 1.82) is 0 Å². The van der Waals surface area contributed by atoms with Gasteiger partial charge in [-0.1, -0.05) is 11.2 Å². The molecule has 1 atom stereocenters. The second-order valence-electron chi connectivity index (χ2n) is 5.81. The number of hydrogen-bond donors (Lipinski definition) is 1. The van der Waals surface area contributed by atoms with Gasteiger partial charge >= 0.3 is 0 Å². The first-order valence-corrected chi connectivity index (χ1v) is 7.94. The largest absolute Gasteiger partial charge is 0.390 e. The molecule has 25 heavy (non-hydrogen) atoms. The number of aliphatic imine (C=N–C) groups is 1. The van der Waals surface area contributed by atoms with E-state index in [-0.39, 0.29) is 17.8 Å². The molecule has 1 aliphatic heterocycles. The van der Waals surface area contributed by atoms with Crippen LogP contribution in [-0.2, 0) is 9.63 Å². The third-order valence-electron chi connectivity index (χ3n) is 3.86. The summed E-state index contributed by atoms with van der Waals surface area (Å²) < 4.78 is 16.2. The lowest BCUT2D eigenvalue weighted by atomic mass is 10.0. The van der Waals surface area contributed by atoms with Gasteiger partial charge in [-0.25, -0.2) is 4.39 Å². The fourth-order valence-corrected chi connectivity index (χ4v) is 2.65. The van der Waals surface area contributed by atoms with Crippen LogP contribution < -0.4 is 5.32 Å². The molecule has 1 N–H and O–H groups in total. The van der Waals surface area contributed by atoms with Gasteiger partial charge in [-0.05, 0) is 18.2 Å². The van der Waals surface area contributed by atoms with Crippen molar-refractivity contribution in [2.24, 2.45) is 10.1 Å². The summed E-state index contributed by atoms with van der Waals surface area (Å²) in [5.74, 6) is -0.465. The van der Waals surface area contributed by atoms with E-state index in [4.69, 9.17) is 4.84 Å². The Morgan fingerprint density at radius 1 is 1.52 bits per heavy atom. The molecule has 1 unspecified atom stereocenters. The van der Waals surface area contributed by atoms with Gasteiger partial charge in [0, 0.05) is 50.1 Å². The van der Waals surface area contributed by atoms with E-state index in [9.17, 15) is 9.18 Å². The summed E-state index contributed by atoms with van der Waals surface area (Å²) in [7, 11) is 1.69. The third kappa shape index (κ3) is 3.93. The highest BCUT2D eigenvalue weighted by Crippen LogP contribution is 2.21. The Hall–Kier alpha value is -2.96. The minimum atomic E-state index is -0.346. The molecule has 0 bridgehead atoms. The smallest absolute Gasteiger partial charge is 0.217 e. The quantitative estimate of drug-likeness (QED) is 0.847. The second-order valence-corrected chi connectivity index (χ2v) is 5.81. The summed E-state index contributed by atoms with van der Waals surface area (Å²) in [5.41, 5.74) is 2.70. The number of halogens is 1. The number of nitrogens with one attached hydrogen (secondary N) is 1. The predicted molar refractivity (Wildman–Crippen MR) is 94.0 cm³/mol. The number of rotatable bonds is 5. The number of benzene rings is 1. The topological polar surface area (TPSA) is 68.0 Å². The molecular formula is C18H19FN4O2. The SMILES string of the molecule is CN=Cc1ccn(-c2ccc(C3=NOC(CNC(C)=O)C3)cc2F)c1. The number of carbonyl (C=O) groups is 1. The monoisotopic (exact) mass is 342 g/mol. The lowest BCUT2D eigenvalue weighted by molar-refractivity contribution is -0.119. The zero-order valence-electron chi connectivity index (χ0n) is 14.1. The van der Waals surface area contributed by atoms with Crippen molar-refractivity contribution < 1.29 is 14.0 Å². The summed E-state index contributed by atoms with van der Waals surface area (Å²) in [5, 5.41) is 6.70. The molecule has 1 amide bonds. The summed E-state index contributed by atoms with van der Waals surface area (Å²) in [6, 6.07) is 6.84. The molecule has 0 spiro atoms. The van der Waals surface area contributed by atoms with Crippen LogP contribution in [0.25, 0.3) is 5.69 Å². The minimum absolute atomic E-state index is 0.119. The Morgan fingerprint density at radius 3 is 3.08 bits per heavy atom. The Bertz CT molecular complexity index is 841.